The predicted molar refractivity (Wildman–Crippen MR) is 110 cm³/mol. The van der Waals surface area contributed by atoms with Gasteiger partial charge in [-0.1, -0.05) is 42.0 Å². The molecular weight excluding hydrogens is 348 g/mol. The third-order valence-electron chi connectivity index (χ3n) is 4.78. The standard InChI is InChI=1S/C23H22N4O/c1-16-6-5-7-18(14-16)15-27-21-9-4-3-8-20(21)26-22(27)17(2)25-23(28)19-10-12-24-13-11-19/h3-14,17H,15H2,1-2H3,(H,25,28). The number of carbonyl (C=O) groups is 1. The molecule has 4 aromatic rings. The fourth-order valence-electron chi connectivity index (χ4n) is 3.43. The molecule has 2 aromatic heterocycles. The van der Waals surface area contributed by atoms with Crippen molar-refractivity contribution in [3.8, 4) is 0 Å². The van der Waals surface area contributed by atoms with Gasteiger partial charge in [0.25, 0.3) is 5.91 Å². The smallest absolute Gasteiger partial charge is 0.251 e. The zero-order valence-electron chi connectivity index (χ0n) is 16.0. The third kappa shape index (κ3) is 3.64. The maximum Gasteiger partial charge on any atom is 0.251 e. The van der Waals surface area contributed by atoms with Gasteiger partial charge in [-0.3, -0.25) is 9.78 Å². The number of fused-ring (bicyclic) bond motifs is 1. The summed E-state index contributed by atoms with van der Waals surface area (Å²) in [4.78, 5) is 21.4. The number of rotatable bonds is 5. The topological polar surface area (TPSA) is 59.8 Å². The first-order valence-corrected chi connectivity index (χ1v) is 9.33. The Balaban J connectivity index is 1.68. The van der Waals surface area contributed by atoms with Crippen molar-refractivity contribution < 1.29 is 4.79 Å². The zero-order chi connectivity index (χ0) is 19.5. The number of nitrogens with one attached hydrogen (secondary N) is 1. The van der Waals surface area contributed by atoms with Crippen LogP contribution >= 0.6 is 0 Å². The van der Waals surface area contributed by atoms with Gasteiger partial charge in [0.1, 0.15) is 5.82 Å². The molecule has 1 unspecified atom stereocenters. The van der Waals surface area contributed by atoms with Crippen LogP contribution in [0, 0.1) is 6.92 Å². The molecule has 0 aliphatic carbocycles. The molecule has 2 aromatic carbocycles. The van der Waals surface area contributed by atoms with Gasteiger partial charge in [0.05, 0.1) is 17.1 Å². The minimum absolute atomic E-state index is 0.135. The monoisotopic (exact) mass is 370 g/mol. The van der Waals surface area contributed by atoms with Crippen LogP contribution in [0.4, 0.5) is 0 Å². The SMILES string of the molecule is Cc1cccc(Cn2c(C(C)NC(=O)c3ccncc3)nc3ccccc32)c1. The highest BCUT2D eigenvalue weighted by atomic mass is 16.1. The normalized spacial score (nSPS) is 12.1. The van der Waals surface area contributed by atoms with Crippen molar-refractivity contribution in [3.05, 3.63) is 95.6 Å². The van der Waals surface area contributed by atoms with Gasteiger partial charge < -0.3 is 9.88 Å². The Labute approximate surface area is 164 Å². The molecule has 28 heavy (non-hydrogen) atoms. The van der Waals surface area contributed by atoms with Gasteiger partial charge in [-0.15, -0.1) is 0 Å². The van der Waals surface area contributed by atoms with Crippen LogP contribution in [0.1, 0.15) is 40.3 Å². The summed E-state index contributed by atoms with van der Waals surface area (Å²) < 4.78 is 2.18. The second-order valence-electron chi connectivity index (χ2n) is 6.96. The lowest BCUT2D eigenvalue weighted by Crippen LogP contribution is -2.28. The number of aryl methyl sites for hydroxylation is 1. The number of pyridine rings is 1. The van der Waals surface area contributed by atoms with Crippen molar-refractivity contribution in [3.63, 3.8) is 0 Å². The fourth-order valence-corrected chi connectivity index (χ4v) is 3.43. The summed E-state index contributed by atoms with van der Waals surface area (Å²) in [7, 11) is 0. The number of carbonyl (C=O) groups excluding carboxylic acids is 1. The van der Waals surface area contributed by atoms with Crippen molar-refractivity contribution in [1.29, 1.82) is 0 Å². The first-order chi connectivity index (χ1) is 13.6. The van der Waals surface area contributed by atoms with Crippen LogP contribution in [0.15, 0.2) is 73.1 Å². The summed E-state index contributed by atoms with van der Waals surface area (Å²) >= 11 is 0. The second kappa shape index (κ2) is 7.64. The van der Waals surface area contributed by atoms with Crippen molar-refractivity contribution in [2.75, 3.05) is 0 Å². The van der Waals surface area contributed by atoms with Crippen LogP contribution in [0.3, 0.4) is 0 Å². The van der Waals surface area contributed by atoms with Gasteiger partial charge in [0, 0.05) is 24.5 Å². The van der Waals surface area contributed by atoms with E-state index in [9.17, 15) is 4.79 Å². The van der Waals surface area contributed by atoms with Gasteiger partial charge in [0.15, 0.2) is 0 Å². The molecule has 140 valence electrons. The number of amides is 1. The number of benzene rings is 2. The maximum atomic E-state index is 12.6. The summed E-state index contributed by atoms with van der Waals surface area (Å²) in [6.07, 6.45) is 3.24. The van der Waals surface area contributed by atoms with Crippen LogP contribution < -0.4 is 5.32 Å². The quantitative estimate of drug-likeness (QED) is 0.570. The molecule has 1 atom stereocenters. The van der Waals surface area contributed by atoms with E-state index in [2.05, 4.69) is 52.1 Å². The Morgan fingerprint density at radius 2 is 1.86 bits per heavy atom. The highest BCUT2D eigenvalue weighted by molar-refractivity contribution is 5.94. The van der Waals surface area contributed by atoms with Crippen LogP contribution in [0.5, 0.6) is 0 Å². The summed E-state index contributed by atoms with van der Waals surface area (Å²) in [6, 6.07) is 19.7. The Bertz CT molecular complexity index is 1120. The lowest BCUT2D eigenvalue weighted by Gasteiger charge is -2.17. The molecule has 5 nitrogen and oxygen atoms in total. The van der Waals surface area contributed by atoms with E-state index in [-0.39, 0.29) is 11.9 Å². The minimum Gasteiger partial charge on any atom is -0.342 e. The van der Waals surface area contributed by atoms with Crippen LogP contribution in [0.25, 0.3) is 11.0 Å². The van der Waals surface area contributed by atoms with Crippen molar-refractivity contribution in [1.82, 2.24) is 19.9 Å². The molecule has 0 spiro atoms. The molecule has 4 rings (SSSR count). The molecule has 0 bridgehead atoms. The average molecular weight is 370 g/mol. The summed E-state index contributed by atoms with van der Waals surface area (Å²) in [5.74, 6) is 0.703. The molecule has 1 amide bonds. The number of nitrogens with zero attached hydrogens (tertiary/aromatic N) is 3. The summed E-state index contributed by atoms with van der Waals surface area (Å²) in [5.41, 5.74) is 5.00. The van der Waals surface area contributed by atoms with Crippen molar-refractivity contribution in [2.45, 2.75) is 26.4 Å². The van der Waals surface area contributed by atoms with E-state index < -0.39 is 0 Å². The fraction of sp³-hybridized carbons (Fsp3) is 0.174. The molecule has 0 fully saturated rings. The molecule has 0 saturated carbocycles. The Kier molecular flexibility index (Phi) is 4.89. The first-order valence-electron chi connectivity index (χ1n) is 9.33. The van der Waals surface area contributed by atoms with E-state index in [4.69, 9.17) is 4.98 Å². The van der Waals surface area contributed by atoms with Gasteiger partial charge in [-0.05, 0) is 43.7 Å². The Morgan fingerprint density at radius 1 is 1.07 bits per heavy atom. The molecule has 0 aliphatic heterocycles. The first kappa shape index (κ1) is 17.9. The van der Waals surface area contributed by atoms with E-state index in [1.807, 2.05) is 25.1 Å². The van der Waals surface area contributed by atoms with E-state index in [1.54, 1.807) is 24.5 Å². The molecule has 5 heteroatoms. The molecule has 2 heterocycles. The van der Waals surface area contributed by atoms with E-state index in [0.717, 1.165) is 16.9 Å². The summed E-state index contributed by atoms with van der Waals surface area (Å²) in [5, 5.41) is 3.06. The maximum absolute atomic E-state index is 12.6. The largest absolute Gasteiger partial charge is 0.342 e. The molecule has 0 saturated heterocycles. The lowest BCUT2D eigenvalue weighted by molar-refractivity contribution is 0.0937. The minimum atomic E-state index is -0.238. The van der Waals surface area contributed by atoms with Crippen LogP contribution in [-0.2, 0) is 6.54 Å². The van der Waals surface area contributed by atoms with Gasteiger partial charge in [-0.2, -0.15) is 0 Å². The second-order valence-corrected chi connectivity index (χ2v) is 6.96. The van der Waals surface area contributed by atoms with E-state index >= 15 is 0 Å². The van der Waals surface area contributed by atoms with Crippen LogP contribution in [0.2, 0.25) is 0 Å². The summed E-state index contributed by atoms with van der Waals surface area (Å²) in [6.45, 7) is 4.76. The third-order valence-corrected chi connectivity index (χ3v) is 4.78. The number of hydrogen-bond acceptors (Lipinski definition) is 3. The molecular formula is C23H22N4O. The van der Waals surface area contributed by atoms with E-state index in [1.165, 1.54) is 11.1 Å². The Hall–Kier alpha value is -3.47. The zero-order valence-corrected chi connectivity index (χ0v) is 16.0. The highest BCUT2D eigenvalue weighted by Gasteiger charge is 2.19. The number of imidazole rings is 1. The van der Waals surface area contributed by atoms with Crippen LogP contribution in [-0.4, -0.2) is 20.4 Å². The molecule has 0 radical (unpaired) electrons. The molecule has 0 aliphatic rings. The molecule has 1 N–H and O–H groups in total. The Morgan fingerprint density at radius 3 is 2.64 bits per heavy atom. The average Bonchev–Trinajstić information content (AvgIpc) is 3.07. The predicted octanol–water partition coefficient (Wildman–Crippen LogP) is 4.28. The van der Waals surface area contributed by atoms with Crippen molar-refractivity contribution >= 4 is 16.9 Å². The number of hydrogen-bond donors (Lipinski definition) is 1. The van der Waals surface area contributed by atoms with Gasteiger partial charge in [-0.25, -0.2) is 4.98 Å². The number of aromatic nitrogens is 3. The number of para-hydroxylation sites is 2. The van der Waals surface area contributed by atoms with Gasteiger partial charge in [0.2, 0.25) is 0 Å². The highest BCUT2D eigenvalue weighted by Crippen LogP contribution is 2.23. The van der Waals surface area contributed by atoms with E-state index in [0.29, 0.717) is 12.1 Å². The van der Waals surface area contributed by atoms with Crippen molar-refractivity contribution in [2.24, 2.45) is 0 Å². The van der Waals surface area contributed by atoms with Gasteiger partial charge >= 0.3 is 0 Å². The lowest BCUT2D eigenvalue weighted by atomic mass is 10.1.